The molecule has 0 aliphatic carbocycles. The molecular weight excluding hydrogens is 582 g/mol. The van der Waals surface area contributed by atoms with Crippen LogP contribution >= 0.6 is 0 Å². The van der Waals surface area contributed by atoms with Crippen LogP contribution in [0.4, 0.5) is 11.4 Å². The van der Waals surface area contributed by atoms with Gasteiger partial charge in [-0.25, -0.2) is 0 Å². The number of unbranched alkanes of at least 4 members (excludes halogenated alkanes) is 2. The van der Waals surface area contributed by atoms with Gasteiger partial charge in [-0.1, -0.05) is 12.1 Å². The Morgan fingerprint density at radius 2 is 1.74 bits per heavy atom. The summed E-state index contributed by atoms with van der Waals surface area (Å²) in [4.78, 5) is 48.3. The maximum atomic E-state index is 13.6. The number of nitrogens with one attached hydrogen (secondary N) is 2. The molecule has 4 aromatic rings. The van der Waals surface area contributed by atoms with Crippen molar-refractivity contribution in [3.8, 4) is 11.5 Å². The average molecular weight is 626 g/mol. The highest BCUT2D eigenvalue weighted by Crippen LogP contribution is 2.31. The number of aromatic amines is 1. The van der Waals surface area contributed by atoms with Crippen molar-refractivity contribution in [2.45, 2.75) is 32.6 Å². The molecule has 0 saturated carbocycles. The first kappa shape index (κ1) is 32.6. The van der Waals surface area contributed by atoms with E-state index in [4.69, 9.17) is 9.47 Å². The van der Waals surface area contributed by atoms with Gasteiger partial charge in [0.1, 0.15) is 11.5 Å². The first-order valence-electron chi connectivity index (χ1n) is 15.8. The number of aromatic nitrogens is 1. The Balaban J connectivity index is 1.19. The fourth-order valence-electron chi connectivity index (χ4n) is 5.66. The summed E-state index contributed by atoms with van der Waals surface area (Å²) < 4.78 is 11.7. The monoisotopic (exact) mass is 625 g/mol. The van der Waals surface area contributed by atoms with Crippen LogP contribution < -0.4 is 19.7 Å². The predicted molar refractivity (Wildman–Crippen MR) is 181 cm³/mol. The molecule has 1 fully saturated rings. The molecule has 0 radical (unpaired) electrons. The molecule has 5 rings (SSSR count). The van der Waals surface area contributed by atoms with Crippen LogP contribution in [0.2, 0.25) is 0 Å². The van der Waals surface area contributed by atoms with Crippen molar-refractivity contribution >= 4 is 40.0 Å². The molecule has 1 saturated heterocycles. The lowest BCUT2D eigenvalue weighted by molar-refractivity contribution is -0.132. The zero-order valence-corrected chi connectivity index (χ0v) is 27.1. The molecular formula is C36H43N5O5. The number of anilines is 2. The molecule has 46 heavy (non-hydrogen) atoms. The fourth-order valence-corrected chi connectivity index (χ4v) is 5.66. The Kier molecular flexibility index (Phi) is 10.6. The van der Waals surface area contributed by atoms with Crippen LogP contribution in [0.5, 0.6) is 11.5 Å². The number of fused-ring (bicyclic) bond motifs is 1. The molecule has 2 heterocycles. The number of hydrogen-bond donors (Lipinski definition) is 2. The van der Waals surface area contributed by atoms with E-state index in [0.29, 0.717) is 47.0 Å². The fraction of sp³-hybridized carbons (Fsp3) is 0.361. The molecule has 242 valence electrons. The lowest BCUT2D eigenvalue weighted by Crippen LogP contribution is -2.47. The summed E-state index contributed by atoms with van der Waals surface area (Å²) in [5.74, 6) is 0.541. The van der Waals surface area contributed by atoms with E-state index in [9.17, 15) is 14.4 Å². The maximum absolute atomic E-state index is 13.6. The second kappa shape index (κ2) is 15.0. The Morgan fingerprint density at radius 1 is 0.935 bits per heavy atom. The van der Waals surface area contributed by atoms with Gasteiger partial charge in [0.15, 0.2) is 0 Å². The third-order valence-electron chi connectivity index (χ3n) is 8.47. The van der Waals surface area contributed by atoms with E-state index in [1.54, 1.807) is 30.1 Å². The van der Waals surface area contributed by atoms with Crippen molar-refractivity contribution in [1.29, 1.82) is 0 Å². The van der Waals surface area contributed by atoms with Crippen LogP contribution in [0, 0.1) is 6.92 Å². The van der Waals surface area contributed by atoms with Gasteiger partial charge in [0.2, 0.25) is 5.91 Å². The van der Waals surface area contributed by atoms with Crippen molar-refractivity contribution in [2.24, 2.45) is 0 Å². The SMILES string of the molecule is COc1cc(C(=O)N(C)c2ccc(C)cc2OCCCCCC(=O)N2CCN(C)CC2)ccc1C(=O)Nc1cccc2[nH]ccc12. The van der Waals surface area contributed by atoms with E-state index >= 15 is 0 Å². The molecule has 2 N–H and O–H groups in total. The van der Waals surface area contributed by atoms with Gasteiger partial charge in [-0.15, -0.1) is 0 Å². The third kappa shape index (κ3) is 7.69. The molecule has 1 aromatic heterocycles. The molecule has 0 spiro atoms. The summed E-state index contributed by atoms with van der Waals surface area (Å²) in [5.41, 5.74) is 3.95. The number of benzene rings is 3. The highest BCUT2D eigenvalue weighted by atomic mass is 16.5. The number of H-pyrrole nitrogens is 1. The first-order valence-corrected chi connectivity index (χ1v) is 15.8. The molecule has 0 unspecified atom stereocenters. The minimum absolute atomic E-state index is 0.231. The Hall–Kier alpha value is -4.83. The summed E-state index contributed by atoms with van der Waals surface area (Å²) in [6, 6.07) is 18.1. The number of rotatable bonds is 12. The van der Waals surface area contributed by atoms with Crippen molar-refractivity contribution in [2.75, 3.05) is 64.2 Å². The van der Waals surface area contributed by atoms with Crippen LogP contribution in [0.3, 0.4) is 0 Å². The van der Waals surface area contributed by atoms with E-state index in [1.165, 1.54) is 7.11 Å². The highest BCUT2D eigenvalue weighted by molar-refractivity contribution is 6.12. The van der Waals surface area contributed by atoms with Gasteiger partial charge in [-0.05, 0) is 87.3 Å². The molecule has 10 nitrogen and oxygen atoms in total. The number of aryl methyl sites for hydroxylation is 1. The van der Waals surface area contributed by atoms with Gasteiger partial charge in [0.05, 0.1) is 30.7 Å². The molecule has 0 atom stereocenters. The van der Waals surface area contributed by atoms with Crippen molar-refractivity contribution < 1.29 is 23.9 Å². The van der Waals surface area contributed by atoms with Crippen molar-refractivity contribution in [3.05, 3.63) is 83.6 Å². The number of carbonyl (C=O) groups is 3. The molecule has 3 amide bonds. The summed E-state index contributed by atoms with van der Waals surface area (Å²) in [6.07, 6.45) is 4.90. The van der Waals surface area contributed by atoms with Crippen LogP contribution in [0.25, 0.3) is 10.9 Å². The van der Waals surface area contributed by atoms with Crippen LogP contribution in [0.1, 0.15) is 52.0 Å². The smallest absolute Gasteiger partial charge is 0.259 e. The van der Waals surface area contributed by atoms with Crippen LogP contribution in [-0.2, 0) is 4.79 Å². The second-order valence-electron chi connectivity index (χ2n) is 11.8. The standard InChI is InChI=1S/C36H43N5O5/c1-25-12-15-31(33(23-25)46-22-7-5-6-11-34(42)41-20-18-39(2)19-21-41)40(3)36(44)26-13-14-28(32(24-26)45-4)35(43)38-30-10-8-9-29-27(30)16-17-37-29/h8-10,12-17,23-24,37H,5-7,11,18-22H2,1-4H3,(H,38,43). The zero-order chi connectivity index (χ0) is 32.6. The average Bonchev–Trinajstić information content (AvgIpc) is 3.56. The predicted octanol–water partition coefficient (Wildman–Crippen LogP) is 5.73. The lowest BCUT2D eigenvalue weighted by Gasteiger charge is -2.32. The maximum Gasteiger partial charge on any atom is 0.259 e. The largest absolute Gasteiger partial charge is 0.496 e. The number of amides is 3. The highest BCUT2D eigenvalue weighted by Gasteiger charge is 2.22. The van der Waals surface area contributed by atoms with Gasteiger partial charge in [-0.3, -0.25) is 14.4 Å². The molecule has 1 aliphatic rings. The normalized spacial score (nSPS) is 13.4. The van der Waals surface area contributed by atoms with Gasteiger partial charge >= 0.3 is 0 Å². The second-order valence-corrected chi connectivity index (χ2v) is 11.8. The molecule has 0 bridgehead atoms. The van der Waals surface area contributed by atoms with Crippen molar-refractivity contribution in [3.63, 3.8) is 0 Å². The molecule has 1 aliphatic heterocycles. The van der Waals surface area contributed by atoms with Gasteiger partial charge in [0, 0.05) is 62.3 Å². The molecule has 10 heteroatoms. The lowest BCUT2D eigenvalue weighted by atomic mass is 10.1. The molecule has 3 aromatic carbocycles. The number of carbonyl (C=O) groups excluding carboxylic acids is 3. The van der Waals surface area contributed by atoms with E-state index in [2.05, 4.69) is 22.2 Å². The Labute approximate surface area is 270 Å². The summed E-state index contributed by atoms with van der Waals surface area (Å²) in [7, 11) is 5.26. The number of nitrogens with zero attached hydrogens (tertiary/aromatic N) is 3. The van der Waals surface area contributed by atoms with Gasteiger partial charge in [-0.2, -0.15) is 0 Å². The third-order valence-corrected chi connectivity index (χ3v) is 8.47. The zero-order valence-electron chi connectivity index (χ0n) is 27.1. The number of piperazine rings is 1. The number of methoxy groups -OCH3 is 1. The minimum Gasteiger partial charge on any atom is -0.496 e. The Morgan fingerprint density at radius 3 is 2.52 bits per heavy atom. The van der Waals surface area contributed by atoms with Crippen LogP contribution in [0.15, 0.2) is 66.9 Å². The topological polar surface area (TPSA) is 107 Å². The number of ether oxygens (including phenoxy) is 2. The summed E-state index contributed by atoms with van der Waals surface area (Å²) in [6.45, 7) is 5.93. The van der Waals surface area contributed by atoms with Crippen LogP contribution in [-0.4, -0.2) is 86.5 Å². The van der Waals surface area contributed by atoms with Gasteiger partial charge < -0.3 is 34.5 Å². The van der Waals surface area contributed by atoms with E-state index in [1.807, 2.05) is 60.5 Å². The Bertz CT molecular complexity index is 1690. The first-order chi connectivity index (χ1) is 22.2. The number of likely N-dealkylation sites (N-methyl/N-ethyl adjacent to an activating group) is 1. The van der Waals surface area contributed by atoms with E-state index in [-0.39, 0.29) is 17.7 Å². The number of hydrogen-bond acceptors (Lipinski definition) is 6. The van der Waals surface area contributed by atoms with E-state index in [0.717, 1.165) is 61.9 Å². The van der Waals surface area contributed by atoms with Gasteiger partial charge in [0.25, 0.3) is 11.8 Å². The summed E-state index contributed by atoms with van der Waals surface area (Å²) in [5, 5.41) is 3.85. The summed E-state index contributed by atoms with van der Waals surface area (Å²) >= 11 is 0. The van der Waals surface area contributed by atoms with Crippen molar-refractivity contribution in [1.82, 2.24) is 14.8 Å². The quantitative estimate of drug-likeness (QED) is 0.195. The minimum atomic E-state index is -0.337. The van der Waals surface area contributed by atoms with E-state index < -0.39 is 0 Å².